The molecule has 4 nitrogen and oxygen atoms in total. The first-order chi connectivity index (χ1) is 11.1. The van der Waals surface area contributed by atoms with Gasteiger partial charge in [-0.2, -0.15) is 0 Å². The summed E-state index contributed by atoms with van der Waals surface area (Å²) >= 11 is 5.33. The van der Waals surface area contributed by atoms with Crippen molar-refractivity contribution in [3.8, 4) is 5.75 Å². The average molecular weight is 329 g/mol. The van der Waals surface area contributed by atoms with Crippen molar-refractivity contribution in [2.24, 2.45) is 0 Å². The third kappa shape index (κ3) is 5.88. The van der Waals surface area contributed by atoms with Crippen LogP contribution in [0.15, 0.2) is 48.5 Å². The Labute approximate surface area is 143 Å². The molecule has 2 aromatic carbocycles. The van der Waals surface area contributed by atoms with E-state index in [9.17, 15) is 0 Å². The van der Waals surface area contributed by atoms with Gasteiger partial charge in [-0.05, 0) is 49.6 Å². The zero-order chi connectivity index (χ0) is 16.7. The minimum absolute atomic E-state index is 0.593. The Hall–Kier alpha value is -2.11. The van der Waals surface area contributed by atoms with E-state index < -0.39 is 0 Å². The van der Waals surface area contributed by atoms with Gasteiger partial charge in [-0.15, -0.1) is 0 Å². The Kier molecular flexibility index (Phi) is 6.38. The van der Waals surface area contributed by atoms with Crippen LogP contribution in [0.4, 0.5) is 5.69 Å². The molecule has 23 heavy (non-hydrogen) atoms. The van der Waals surface area contributed by atoms with E-state index in [1.54, 1.807) is 7.11 Å². The van der Waals surface area contributed by atoms with Gasteiger partial charge < -0.3 is 20.3 Å². The van der Waals surface area contributed by atoms with Crippen LogP contribution in [0.1, 0.15) is 11.1 Å². The Morgan fingerprint density at radius 3 is 2.43 bits per heavy atom. The number of hydrogen-bond donors (Lipinski definition) is 2. The van der Waals surface area contributed by atoms with Crippen LogP contribution < -0.4 is 15.4 Å². The summed E-state index contributed by atoms with van der Waals surface area (Å²) < 4.78 is 5.20. The quantitative estimate of drug-likeness (QED) is 0.796. The number of thiocarbonyl (C=S) groups is 1. The molecule has 0 spiro atoms. The van der Waals surface area contributed by atoms with Crippen LogP contribution in [0.25, 0.3) is 0 Å². The highest BCUT2D eigenvalue weighted by molar-refractivity contribution is 7.80. The van der Waals surface area contributed by atoms with Gasteiger partial charge in [0.1, 0.15) is 5.75 Å². The second kappa shape index (κ2) is 8.50. The predicted octanol–water partition coefficient (Wildman–Crippen LogP) is 3.24. The van der Waals surface area contributed by atoms with E-state index in [4.69, 9.17) is 17.0 Å². The van der Waals surface area contributed by atoms with Crippen molar-refractivity contribution < 1.29 is 4.74 Å². The first-order valence-corrected chi connectivity index (χ1v) is 7.89. The lowest BCUT2D eigenvalue weighted by molar-refractivity contribution is 0.402. The molecule has 0 aliphatic heterocycles. The van der Waals surface area contributed by atoms with E-state index >= 15 is 0 Å². The van der Waals surface area contributed by atoms with Crippen molar-refractivity contribution in [3.05, 3.63) is 59.7 Å². The van der Waals surface area contributed by atoms with E-state index in [1.807, 2.05) is 24.3 Å². The molecular formula is C18H23N3OS. The molecule has 0 aliphatic rings. The molecule has 0 aliphatic carbocycles. The normalized spacial score (nSPS) is 10.4. The van der Waals surface area contributed by atoms with Gasteiger partial charge in [-0.25, -0.2) is 0 Å². The highest BCUT2D eigenvalue weighted by atomic mass is 32.1. The van der Waals surface area contributed by atoms with E-state index in [2.05, 4.69) is 53.9 Å². The molecule has 0 aromatic heterocycles. The molecule has 0 bridgehead atoms. The second-order valence-electron chi connectivity index (χ2n) is 5.59. The minimum Gasteiger partial charge on any atom is -0.497 e. The Morgan fingerprint density at radius 2 is 1.78 bits per heavy atom. The van der Waals surface area contributed by atoms with Gasteiger partial charge in [0, 0.05) is 24.8 Å². The number of hydrogen-bond acceptors (Lipinski definition) is 3. The van der Waals surface area contributed by atoms with E-state index in [1.165, 1.54) is 11.1 Å². The molecule has 0 saturated carbocycles. The number of anilines is 1. The van der Waals surface area contributed by atoms with Crippen LogP contribution in [0.3, 0.4) is 0 Å². The molecule has 0 radical (unpaired) electrons. The molecule has 0 unspecified atom stereocenters. The molecule has 0 fully saturated rings. The van der Waals surface area contributed by atoms with E-state index in [-0.39, 0.29) is 0 Å². The Bertz CT molecular complexity index is 641. The number of nitrogens with zero attached hydrogens (tertiary/aromatic N) is 1. The SMILES string of the molecule is COc1cccc(NC(=S)NCc2ccc(CN(C)C)cc2)c1. The summed E-state index contributed by atoms with van der Waals surface area (Å²) in [6.45, 7) is 1.64. The van der Waals surface area contributed by atoms with Crippen molar-refractivity contribution in [1.82, 2.24) is 10.2 Å². The molecule has 0 atom stereocenters. The molecule has 122 valence electrons. The van der Waals surface area contributed by atoms with Crippen molar-refractivity contribution in [3.63, 3.8) is 0 Å². The zero-order valence-corrected chi connectivity index (χ0v) is 14.6. The number of nitrogens with one attached hydrogen (secondary N) is 2. The van der Waals surface area contributed by atoms with Crippen LogP contribution in [-0.2, 0) is 13.1 Å². The zero-order valence-electron chi connectivity index (χ0n) is 13.8. The molecular weight excluding hydrogens is 306 g/mol. The monoisotopic (exact) mass is 329 g/mol. The van der Waals surface area contributed by atoms with Gasteiger partial charge in [0.05, 0.1) is 7.11 Å². The fraction of sp³-hybridized carbons (Fsp3) is 0.278. The lowest BCUT2D eigenvalue weighted by atomic mass is 10.1. The lowest BCUT2D eigenvalue weighted by Crippen LogP contribution is -2.27. The molecule has 2 rings (SSSR count). The highest BCUT2D eigenvalue weighted by Crippen LogP contribution is 2.16. The fourth-order valence-electron chi connectivity index (χ4n) is 2.19. The Balaban J connectivity index is 1.84. The molecule has 5 heteroatoms. The van der Waals surface area contributed by atoms with Crippen LogP contribution in [0, 0.1) is 0 Å². The van der Waals surface area contributed by atoms with Crippen LogP contribution in [-0.4, -0.2) is 31.2 Å². The van der Waals surface area contributed by atoms with Crippen molar-refractivity contribution in [2.75, 3.05) is 26.5 Å². The van der Waals surface area contributed by atoms with Gasteiger partial charge in [-0.3, -0.25) is 0 Å². The van der Waals surface area contributed by atoms with Crippen molar-refractivity contribution in [1.29, 1.82) is 0 Å². The van der Waals surface area contributed by atoms with E-state index in [0.717, 1.165) is 18.0 Å². The molecule has 2 aromatic rings. The summed E-state index contributed by atoms with van der Waals surface area (Å²) in [6, 6.07) is 16.2. The fourth-order valence-corrected chi connectivity index (χ4v) is 2.38. The Morgan fingerprint density at radius 1 is 1.09 bits per heavy atom. The van der Waals surface area contributed by atoms with Gasteiger partial charge in [0.15, 0.2) is 5.11 Å². The number of rotatable bonds is 6. The smallest absolute Gasteiger partial charge is 0.171 e. The number of methoxy groups -OCH3 is 1. The van der Waals surface area contributed by atoms with Gasteiger partial charge in [0.25, 0.3) is 0 Å². The molecule has 2 N–H and O–H groups in total. The first-order valence-electron chi connectivity index (χ1n) is 7.48. The predicted molar refractivity (Wildman–Crippen MR) is 99.9 cm³/mol. The summed E-state index contributed by atoms with van der Waals surface area (Å²) in [5, 5.41) is 6.97. The topological polar surface area (TPSA) is 36.5 Å². The first kappa shape index (κ1) is 17.2. The second-order valence-corrected chi connectivity index (χ2v) is 6.00. The van der Waals surface area contributed by atoms with Crippen molar-refractivity contribution in [2.45, 2.75) is 13.1 Å². The summed E-state index contributed by atoms with van der Waals surface area (Å²) in [6.07, 6.45) is 0. The third-order valence-corrected chi connectivity index (χ3v) is 3.55. The van der Waals surface area contributed by atoms with Crippen LogP contribution in [0.2, 0.25) is 0 Å². The van der Waals surface area contributed by atoms with Gasteiger partial charge >= 0.3 is 0 Å². The summed E-state index contributed by atoms with van der Waals surface area (Å²) in [4.78, 5) is 2.15. The van der Waals surface area contributed by atoms with Crippen molar-refractivity contribution >= 4 is 23.0 Å². The maximum Gasteiger partial charge on any atom is 0.171 e. The maximum atomic E-state index is 5.33. The van der Waals surface area contributed by atoms with Crippen LogP contribution in [0.5, 0.6) is 5.75 Å². The minimum atomic E-state index is 0.593. The van der Waals surface area contributed by atoms with Crippen LogP contribution >= 0.6 is 12.2 Å². The number of benzene rings is 2. The average Bonchev–Trinajstić information content (AvgIpc) is 2.54. The largest absolute Gasteiger partial charge is 0.497 e. The number of ether oxygens (including phenoxy) is 1. The molecule has 0 amide bonds. The maximum absolute atomic E-state index is 5.33. The van der Waals surface area contributed by atoms with E-state index in [0.29, 0.717) is 11.7 Å². The van der Waals surface area contributed by atoms with Gasteiger partial charge in [0.2, 0.25) is 0 Å². The molecule has 0 heterocycles. The van der Waals surface area contributed by atoms with Gasteiger partial charge in [-0.1, -0.05) is 30.3 Å². The highest BCUT2D eigenvalue weighted by Gasteiger charge is 2.01. The molecule has 0 saturated heterocycles. The summed E-state index contributed by atoms with van der Waals surface area (Å²) in [7, 11) is 5.78. The summed E-state index contributed by atoms with van der Waals surface area (Å²) in [5.74, 6) is 0.800. The summed E-state index contributed by atoms with van der Waals surface area (Å²) in [5.41, 5.74) is 3.40. The lowest BCUT2D eigenvalue weighted by Gasteiger charge is -2.12. The standard InChI is InChI=1S/C18H23N3OS/c1-21(2)13-15-9-7-14(8-10-15)12-19-18(23)20-16-5-4-6-17(11-16)22-3/h4-11H,12-13H2,1-3H3,(H2,19,20,23). The third-order valence-electron chi connectivity index (χ3n) is 3.30.